The van der Waals surface area contributed by atoms with E-state index in [2.05, 4.69) is 22.4 Å². The number of hydrogen-bond acceptors (Lipinski definition) is 5. The van der Waals surface area contributed by atoms with Crippen LogP contribution in [0.3, 0.4) is 0 Å². The van der Waals surface area contributed by atoms with Gasteiger partial charge < -0.3 is 15.5 Å². The van der Waals surface area contributed by atoms with Gasteiger partial charge in [0.25, 0.3) is 0 Å². The summed E-state index contributed by atoms with van der Waals surface area (Å²) in [5.74, 6) is 0. The van der Waals surface area contributed by atoms with E-state index in [1.165, 1.54) is 32.1 Å². The molecule has 0 amide bonds. The Morgan fingerprint density at radius 3 is 2.53 bits per heavy atom. The van der Waals surface area contributed by atoms with Crippen LogP contribution in [0.1, 0.15) is 45.4 Å². The largest absolute Gasteiger partial charge is 0.390 e. The molecule has 0 radical (unpaired) electrons. The molecule has 0 fully saturated rings. The summed E-state index contributed by atoms with van der Waals surface area (Å²) in [7, 11) is 0. The van der Waals surface area contributed by atoms with Crippen LogP contribution in [0, 0.1) is 0 Å². The lowest BCUT2D eigenvalue weighted by Gasteiger charge is -2.01. The van der Waals surface area contributed by atoms with Gasteiger partial charge in [-0.05, 0) is 6.42 Å². The van der Waals surface area contributed by atoms with Gasteiger partial charge in [-0.25, -0.2) is 0 Å². The molecule has 0 unspecified atom stereocenters. The molecule has 1 aromatic heterocycles. The second-order valence-electron chi connectivity index (χ2n) is 3.64. The third kappa shape index (κ3) is 5.24. The van der Waals surface area contributed by atoms with Crippen LogP contribution in [-0.4, -0.2) is 16.7 Å². The van der Waals surface area contributed by atoms with Crippen LogP contribution in [0.5, 0.6) is 0 Å². The van der Waals surface area contributed by atoms with Crippen molar-refractivity contribution in [3.05, 3.63) is 0 Å². The van der Waals surface area contributed by atoms with Crippen LogP contribution in [0.15, 0.2) is 4.42 Å². The highest BCUT2D eigenvalue weighted by Gasteiger charge is 1.99. The topological polar surface area (TPSA) is 77.0 Å². The molecule has 0 bridgehead atoms. The predicted octanol–water partition coefficient (Wildman–Crippen LogP) is 2.42. The van der Waals surface area contributed by atoms with E-state index in [0.717, 1.165) is 13.0 Å². The molecule has 86 valence electrons. The first-order chi connectivity index (χ1) is 7.33. The maximum atomic E-state index is 5.28. The zero-order chi connectivity index (χ0) is 10.9. The number of aromatic nitrogens is 2. The van der Waals surface area contributed by atoms with E-state index < -0.39 is 0 Å². The Labute approximate surface area is 90.4 Å². The highest BCUT2D eigenvalue weighted by molar-refractivity contribution is 5.21. The summed E-state index contributed by atoms with van der Waals surface area (Å²) in [5, 5.41) is 10.3. The van der Waals surface area contributed by atoms with Crippen molar-refractivity contribution in [2.45, 2.75) is 45.4 Å². The van der Waals surface area contributed by atoms with Gasteiger partial charge in [-0.2, -0.15) is 0 Å². The Hall–Kier alpha value is -1.26. The van der Waals surface area contributed by atoms with Gasteiger partial charge in [0.05, 0.1) is 0 Å². The summed E-state index contributed by atoms with van der Waals surface area (Å²) in [6.45, 7) is 3.09. The summed E-state index contributed by atoms with van der Waals surface area (Å²) in [4.78, 5) is 0. The fourth-order valence-electron chi connectivity index (χ4n) is 1.41. The molecule has 1 heterocycles. The molecule has 5 heteroatoms. The molecule has 0 saturated carbocycles. The summed E-state index contributed by atoms with van der Waals surface area (Å²) >= 11 is 0. The highest BCUT2D eigenvalue weighted by Crippen LogP contribution is 2.08. The fourth-order valence-corrected chi connectivity index (χ4v) is 1.41. The molecule has 0 spiro atoms. The van der Waals surface area contributed by atoms with E-state index in [1.54, 1.807) is 0 Å². The molecule has 5 nitrogen and oxygen atoms in total. The van der Waals surface area contributed by atoms with Crippen molar-refractivity contribution in [2.75, 3.05) is 17.6 Å². The predicted molar refractivity (Wildman–Crippen MR) is 60.6 cm³/mol. The average molecular weight is 212 g/mol. The van der Waals surface area contributed by atoms with Gasteiger partial charge in [-0.1, -0.05) is 49.2 Å². The van der Waals surface area contributed by atoms with Gasteiger partial charge in [0.1, 0.15) is 0 Å². The van der Waals surface area contributed by atoms with Gasteiger partial charge in [-0.15, -0.1) is 0 Å². The number of unbranched alkanes of at least 4 members (excludes halogenated alkanes) is 5. The zero-order valence-corrected chi connectivity index (χ0v) is 9.33. The van der Waals surface area contributed by atoms with E-state index in [0.29, 0.717) is 6.01 Å². The molecule has 15 heavy (non-hydrogen) atoms. The van der Waals surface area contributed by atoms with Gasteiger partial charge in [-0.3, -0.25) is 0 Å². The molecule has 1 rings (SSSR count). The second-order valence-corrected chi connectivity index (χ2v) is 3.64. The lowest BCUT2D eigenvalue weighted by molar-refractivity contribution is 0.577. The van der Waals surface area contributed by atoms with E-state index in [4.69, 9.17) is 10.2 Å². The van der Waals surface area contributed by atoms with Crippen molar-refractivity contribution in [3.63, 3.8) is 0 Å². The maximum absolute atomic E-state index is 5.28. The molecule has 3 N–H and O–H groups in total. The standard InChI is InChI=1S/C10H20N4O/c1-2-3-4-5-6-7-8-12-10-14-13-9(11)15-10/h2-8H2,1H3,(H2,11,13)(H,12,14). The highest BCUT2D eigenvalue weighted by atomic mass is 16.4. The second kappa shape index (κ2) is 7.09. The summed E-state index contributed by atoms with van der Waals surface area (Å²) < 4.78 is 4.97. The quantitative estimate of drug-likeness (QED) is 0.647. The van der Waals surface area contributed by atoms with Crippen LogP contribution in [-0.2, 0) is 0 Å². The molecule has 0 aliphatic rings. The number of nitrogen functional groups attached to an aromatic ring is 1. The van der Waals surface area contributed by atoms with Crippen LogP contribution >= 0.6 is 0 Å². The first-order valence-electron chi connectivity index (χ1n) is 5.65. The minimum Gasteiger partial charge on any atom is -0.390 e. The van der Waals surface area contributed by atoms with E-state index >= 15 is 0 Å². The Morgan fingerprint density at radius 2 is 1.87 bits per heavy atom. The Balaban J connectivity index is 1.93. The fraction of sp³-hybridized carbons (Fsp3) is 0.800. The van der Waals surface area contributed by atoms with Crippen molar-refractivity contribution in [1.29, 1.82) is 0 Å². The first kappa shape index (κ1) is 11.8. The molecule has 0 saturated heterocycles. The van der Waals surface area contributed by atoms with E-state index in [1.807, 2.05) is 0 Å². The smallest absolute Gasteiger partial charge is 0.316 e. The van der Waals surface area contributed by atoms with Crippen LogP contribution in [0.2, 0.25) is 0 Å². The monoisotopic (exact) mass is 212 g/mol. The van der Waals surface area contributed by atoms with Crippen LogP contribution < -0.4 is 11.1 Å². The van der Waals surface area contributed by atoms with Crippen molar-refractivity contribution < 1.29 is 4.42 Å². The minimum absolute atomic E-state index is 0.112. The maximum Gasteiger partial charge on any atom is 0.316 e. The van der Waals surface area contributed by atoms with Crippen molar-refractivity contribution >= 4 is 12.0 Å². The lowest BCUT2D eigenvalue weighted by atomic mass is 10.1. The summed E-state index contributed by atoms with van der Waals surface area (Å²) in [6, 6.07) is 0.529. The Bertz CT molecular complexity index is 262. The van der Waals surface area contributed by atoms with Crippen LogP contribution in [0.4, 0.5) is 12.0 Å². The minimum atomic E-state index is 0.112. The number of nitrogens with zero attached hydrogens (tertiary/aromatic N) is 2. The van der Waals surface area contributed by atoms with Gasteiger partial charge in [0.2, 0.25) is 0 Å². The Morgan fingerprint density at radius 1 is 1.13 bits per heavy atom. The molecule has 0 aliphatic heterocycles. The number of nitrogens with one attached hydrogen (secondary N) is 1. The van der Waals surface area contributed by atoms with Crippen molar-refractivity contribution in [1.82, 2.24) is 10.2 Å². The summed E-state index contributed by atoms with van der Waals surface area (Å²) in [6.07, 6.45) is 7.65. The first-order valence-corrected chi connectivity index (χ1v) is 5.65. The Kier molecular flexibility index (Phi) is 5.58. The van der Waals surface area contributed by atoms with Gasteiger partial charge in [0, 0.05) is 6.54 Å². The molecule has 1 aromatic rings. The number of nitrogens with two attached hydrogens (primary N) is 1. The van der Waals surface area contributed by atoms with E-state index in [9.17, 15) is 0 Å². The molecular weight excluding hydrogens is 192 g/mol. The third-order valence-corrected chi connectivity index (χ3v) is 2.25. The number of anilines is 2. The number of hydrogen-bond donors (Lipinski definition) is 2. The molecule has 0 aromatic carbocycles. The lowest BCUT2D eigenvalue weighted by Crippen LogP contribution is -2.01. The van der Waals surface area contributed by atoms with Gasteiger partial charge >= 0.3 is 12.0 Å². The zero-order valence-electron chi connectivity index (χ0n) is 9.33. The van der Waals surface area contributed by atoms with Crippen molar-refractivity contribution in [3.8, 4) is 0 Å². The molecular formula is C10H20N4O. The number of rotatable bonds is 8. The molecule has 0 aliphatic carbocycles. The van der Waals surface area contributed by atoms with Gasteiger partial charge in [0.15, 0.2) is 0 Å². The third-order valence-electron chi connectivity index (χ3n) is 2.25. The average Bonchev–Trinajstić information content (AvgIpc) is 2.63. The molecule has 0 atom stereocenters. The normalized spacial score (nSPS) is 10.5. The summed E-state index contributed by atoms with van der Waals surface area (Å²) in [5.41, 5.74) is 5.28. The SMILES string of the molecule is CCCCCCCCNc1nnc(N)o1. The van der Waals surface area contributed by atoms with Crippen molar-refractivity contribution in [2.24, 2.45) is 0 Å². The van der Waals surface area contributed by atoms with E-state index in [-0.39, 0.29) is 6.01 Å². The van der Waals surface area contributed by atoms with Crippen LogP contribution in [0.25, 0.3) is 0 Å².